The summed E-state index contributed by atoms with van der Waals surface area (Å²) in [7, 11) is 3.07. The quantitative estimate of drug-likeness (QED) is 0.718. The molecule has 1 heterocycles. The maximum absolute atomic E-state index is 12.2. The van der Waals surface area contributed by atoms with Crippen LogP contribution >= 0.6 is 0 Å². The van der Waals surface area contributed by atoms with Crippen LogP contribution in [0.5, 0.6) is 11.5 Å². The molecule has 0 aromatic heterocycles. The summed E-state index contributed by atoms with van der Waals surface area (Å²) in [6, 6.07) is 14.9. The molecule has 6 nitrogen and oxygen atoms in total. The van der Waals surface area contributed by atoms with E-state index in [4.69, 9.17) is 18.9 Å². The second-order valence-corrected chi connectivity index (χ2v) is 6.46. The summed E-state index contributed by atoms with van der Waals surface area (Å²) in [6.45, 7) is 0.758. The third-order valence-electron chi connectivity index (χ3n) is 4.65. The van der Waals surface area contributed by atoms with Crippen molar-refractivity contribution >= 4 is 5.97 Å². The molecule has 0 bridgehead atoms. The summed E-state index contributed by atoms with van der Waals surface area (Å²) < 4.78 is 21.5. The van der Waals surface area contributed by atoms with E-state index in [9.17, 15) is 9.90 Å². The second kappa shape index (κ2) is 8.88. The standard InChI is InChI=1S/C21H24O6/c1-24-18-9-8-15(10-19(18)25-2)20(22)17-11-16(27-21(17)23)13-26-12-14-6-4-3-5-7-14/h3-10,16-17,20,22H,11-13H2,1-2H3/t16-,17-,20?/m0/s1. The number of benzene rings is 2. The molecule has 1 aliphatic heterocycles. The van der Waals surface area contributed by atoms with Gasteiger partial charge in [0.25, 0.3) is 0 Å². The van der Waals surface area contributed by atoms with E-state index in [-0.39, 0.29) is 6.10 Å². The molecule has 1 N–H and O–H groups in total. The first kappa shape index (κ1) is 19.2. The fraction of sp³-hybridized carbons (Fsp3) is 0.381. The number of cyclic esters (lactones) is 1. The van der Waals surface area contributed by atoms with Crippen molar-refractivity contribution in [1.82, 2.24) is 0 Å². The fourth-order valence-electron chi connectivity index (χ4n) is 3.19. The van der Waals surface area contributed by atoms with Gasteiger partial charge in [-0.2, -0.15) is 0 Å². The Morgan fingerprint density at radius 2 is 1.85 bits per heavy atom. The predicted molar refractivity (Wildman–Crippen MR) is 98.6 cm³/mol. The van der Waals surface area contributed by atoms with Crippen LogP contribution in [0.2, 0.25) is 0 Å². The summed E-state index contributed by atoms with van der Waals surface area (Å²) in [5, 5.41) is 10.7. The Balaban J connectivity index is 1.58. The van der Waals surface area contributed by atoms with Crippen LogP contribution in [-0.4, -0.2) is 38.0 Å². The van der Waals surface area contributed by atoms with E-state index in [0.29, 0.717) is 36.7 Å². The van der Waals surface area contributed by atoms with Gasteiger partial charge in [-0.3, -0.25) is 4.79 Å². The zero-order valence-electron chi connectivity index (χ0n) is 15.5. The molecule has 0 amide bonds. The van der Waals surface area contributed by atoms with Crippen LogP contribution in [-0.2, 0) is 20.9 Å². The van der Waals surface area contributed by atoms with Gasteiger partial charge in [-0.05, 0) is 23.3 Å². The van der Waals surface area contributed by atoms with Crippen molar-refractivity contribution in [3.05, 3.63) is 59.7 Å². The van der Waals surface area contributed by atoms with Crippen molar-refractivity contribution < 1.29 is 28.8 Å². The Labute approximate surface area is 158 Å². The molecule has 2 aromatic carbocycles. The molecule has 1 aliphatic rings. The van der Waals surface area contributed by atoms with Crippen LogP contribution in [0.4, 0.5) is 0 Å². The van der Waals surface area contributed by atoms with E-state index < -0.39 is 18.0 Å². The first-order valence-corrected chi connectivity index (χ1v) is 8.84. The number of aliphatic hydroxyl groups excluding tert-OH is 1. The first-order chi connectivity index (χ1) is 13.1. The number of hydrogen-bond acceptors (Lipinski definition) is 6. The first-order valence-electron chi connectivity index (χ1n) is 8.84. The molecule has 1 unspecified atom stereocenters. The molecule has 0 aliphatic carbocycles. The molecule has 2 aromatic rings. The number of aliphatic hydroxyl groups is 1. The van der Waals surface area contributed by atoms with Crippen molar-refractivity contribution in [2.75, 3.05) is 20.8 Å². The van der Waals surface area contributed by atoms with E-state index in [1.165, 1.54) is 7.11 Å². The van der Waals surface area contributed by atoms with E-state index in [0.717, 1.165) is 5.56 Å². The van der Waals surface area contributed by atoms with Gasteiger partial charge in [0, 0.05) is 6.42 Å². The summed E-state index contributed by atoms with van der Waals surface area (Å²) in [5.74, 6) is 0.0248. The van der Waals surface area contributed by atoms with Crippen molar-refractivity contribution in [2.45, 2.75) is 25.2 Å². The number of esters is 1. The Kier molecular flexibility index (Phi) is 6.32. The van der Waals surface area contributed by atoms with Crippen LogP contribution in [0.3, 0.4) is 0 Å². The normalized spacial score (nSPS) is 20.2. The lowest BCUT2D eigenvalue weighted by atomic mass is 9.93. The highest BCUT2D eigenvalue weighted by molar-refractivity contribution is 5.75. The van der Waals surface area contributed by atoms with Gasteiger partial charge in [0.1, 0.15) is 6.10 Å². The lowest BCUT2D eigenvalue weighted by Gasteiger charge is -2.17. The number of carbonyl (C=O) groups is 1. The molecular weight excluding hydrogens is 348 g/mol. The van der Waals surface area contributed by atoms with Crippen LogP contribution in [0, 0.1) is 5.92 Å². The molecule has 3 atom stereocenters. The van der Waals surface area contributed by atoms with Crippen molar-refractivity contribution in [2.24, 2.45) is 5.92 Å². The molecule has 0 saturated carbocycles. The second-order valence-electron chi connectivity index (χ2n) is 6.46. The number of carbonyl (C=O) groups excluding carboxylic acids is 1. The molecule has 3 rings (SSSR count). The van der Waals surface area contributed by atoms with Gasteiger partial charge < -0.3 is 24.1 Å². The molecule has 144 valence electrons. The lowest BCUT2D eigenvalue weighted by Crippen LogP contribution is -2.17. The summed E-state index contributed by atoms with van der Waals surface area (Å²) in [6.07, 6.45) is -0.930. The lowest BCUT2D eigenvalue weighted by molar-refractivity contribution is -0.148. The predicted octanol–water partition coefficient (Wildman–Crippen LogP) is 2.89. The zero-order valence-corrected chi connectivity index (χ0v) is 15.5. The fourth-order valence-corrected chi connectivity index (χ4v) is 3.19. The largest absolute Gasteiger partial charge is 0.493 e. The third kappa shape index (κ3) is 4.59. The molecule has 1 fully saturated rings. The topological polar surface area (TPSA) is 74.2 Å². The minimum Gasteiger partial charge on any atom is -0.493 e. The van der Waals surface area contributed by atoms with Gasteiger partial charge >= 0.3 is 5.97 Å². The average Bonchev–Trinajstić information content (AvgIpc) is 3.08. The van der Waals surface area contributed by atoms with E-state index in [1.54, 1.807) is 25.3 Å². The maximum Gasteiger partial charge on any atom is 0.312 e. The zero-order chi connectivity index (χ0) is 19.2. The Morgan fingerprint density at radius 3 is 2.56 bits per heavy atom. The molecule has 1 saturated heterocycles. The van der Waals surface area contributed by atoms with E-state index in [1.807, 2.05) is 30.3 Å². The third-order valence-corrected chi connectivity index (χ3v) is 4.65. The van der Waals surface area contributed by atoms with Gasteiger partial charge in [0.2, 0.25) is 0 Å². The summed E-state index contributed by atoms with van der Waals surface area (Å²) in [5.41, 5.74) is 1.64. The van der Waals surface area contributed by atoms with Crippen LogP contribution < -0.4 is 9.47 Å². The number of methoxy groups -OCH3 is 2. The number of ether oxygens (including phenoxy) is 4. The van der Waals surface area contributed by atoms with Crippen LogP contribution in [0.15, 0.2) is 48.5 Å². The number of rotatable bonds is 8. The van der Waals surface area contributed by atoms with Crippen LogP contribution in [0.25, 0.3) is 0 Å². The Morgan fingerprint density at radius 1 is 1.11 bits per heavy atom. The van der Waals surface area contributed by atoms with Crippen LogP contribution in [0.1, 0.15) is 23.7 Å². The van der Waals surface area contributed by atoms with Gasteiger partial charge in [0.15, 0.2) is 11.5 Å². The summed E-state index contributed by atoms with van der Waals surface area (Å²) in [4.78, 5) is 12.2. The smallest absolute Gasteiger partial charge is 0.312 e. The highest BCUT2D eigenvalue weighted by Crippen LogP contribution is 2.36. The average molecular weight is 372 g/mol. The van der Waals surface area contributed by atoms with Gasteiger partial charge in [-0.15, -0.1) is 0 Å². The molecular formula is C21H24O6. The minimum absolute atomic E-state index is 0.301. The van der Waals surface area contributed by atoms with Gasteiger partial charge in [0.05, 0.1) is 39.5 Å². The highest BCUT2D eigenvalue weighted by atomic mass is 16.6. The number of hydrogen-bond donors (Lipinski definition) is 1. The van der Waals surface area contributed by atoms with E-state index >= 15 is 0 Å². The molecule has 0 radical (unpaired) electrons. The van der Waals surface area contributed by atoms with Gasteiger partial charge in [-0.1, -0.05) is 36.4 Å². The van der Waals surface area contributed by atoms with Crippen molar-refractivity contribution in [1.29, 1.82) is 0 Å². The molecule has 0 spiro atoms. The molecule has 27 heavy (non-hydrogen) atoms. The Bertz CT molecular complexity index is 761. The Hall–Kier alpha value is -2.57. The van der Waals surface area contributed by atoms with E-state index in [2.05, 4.69) is 0 Å². The van der Waals surface area contributed by atoms with Crippen molar-refractivity contribution in [3.8, 4) is 11.5 Å². The van der Waals surface area contributed by atoms with Gasteiger partial charge in [-0.25, -0.2) is 0 Å². The summed E-state index contributed by atoms with van der Waals surface area (Å²) >= 11 is 0. The maximum atomic E-state index is 12.2. The monoisotopic (exact) mass is 372 g/mol. The van der Waals surface area contributed by atoms with Crippen molar-refractivity contribution in [3.63, 3.8) is 0 Å². The minimum atomic E-state index is -0.976. The highest BCUT2D eigenvalue weighted by Gasteiger charge is 2.40. The SMILES string of the molecule is COc1ccc(C(O)[C@@H]2C[C@@H](COCc3ccccc3)OC2=O)cc1OC. The molecule has 6 heteroatoms.